The third kappa shape index (κ3) is 5.03. The second-order valence-corrected chi connectivity index (χ2v) is 10.0. The largest absolute Gasteiger partial charge is 0.496 e. The van der Waals surface area contributed by atoms with Crippen molar-refractivity contribution in [2.24, 2.45) is 7.05 Å². The summed E-state index contributed by atoms with van der Waals surface area (Å²) < 4.78 is 43.5. The minimum absolute atomic E-state index is 0.0769. The molecule has 35 heavy (non-hydrogen) atoms. The number of nitrogens with zero attached hydrogens (tertiary/aromatic N) is 5. The Bertz CT molecular complexity index is 1470. The number of esters is 1. The zero-order valence-electron chi connectivity index (χ0n) is 19.8. The molecule has 0 atom stereocenters. The van der Waals surface area contributed by atoms with E-state index in [9.17, 15) is 13.2 Å². The molecule has 0 aliphatic rings. The molecular formula is C23H25N5O6S. The van der Waals surface area contributed by atoms with E-state index in [4.69, 9.17) is 14.0 Å². The van der Waals surface area contributed by atoms with Gasteiger partial charge in [0, 0.05) is 27.6 Å². The smallest absolute Gasteiger partial charge is 0.306 e. The van der Waals surface area contributed by atoms with E-state index in [1.807, 2.05) is 23.7 Å². The number of aryl methyl sites for hydroxylation is 2. The van der Waals surface area contributed by atoms with E-state index in [0.717, 1.165) is 9.82 Å². The number of imidazole rings is 1. The average molecular weight is 500 g/mol. The molecule has 11 nitrogen and oxygen atoms in total. The lowest BCUT2D eigenvalue weighted by Gasteiger charge is -2.10. The molecule has 184 valence electrons. The molecule has 2 aromatic heterocycles. The van der Waals surface area contributed by atoms with Crippen LogP contribution in [-0.4, -0.2) is 59.6 Å². The Morgan fingerprint density at radius 1 is 1.14 bits per heavy atom. The first-order valence-electron chi connectivity index (χ1n) is 10.7. The lowest BCUT2D eigenvalue weighted by atomic mass is 10.2. The van der Waals surface area contributed by atoms with Crippen LogP contribution in [0.4, 0.5) is 0 Å². The fraction of sp³-hybridized carbons (Fsp3) is 0.304. The number of benzene rings is 2. The number of hydrogen-bond acceptors (Lipinski definition) is 9. The molecule has 0 unspecified atom stereocenters. The van der Waals surface area contributed by atoms with Crippen LogP contribution in [0.25, 0.3) is 22.4 Å². The summed E-state index contributed by atoms with van der Waals surface area (Å²) in [6, 6.07) is 12.0. The van der Waals surface area contributed by atoms with Crippen molar-refractivity contribution in [1.29, 1.82) is 0 Å². The van der Waals surface area contributed by atoms with Crippen molar-refractivity contribution in [1.82, 2.24) is 24.0 Å². The lowest BCUT2D eigenvalue weighted by Crippen LogP contribution is -2.22. The molecular weight excluding hydrogens is 474 g/mol. The molecule has 2 aromatic carbocycles. The van der Waals surface area contributed by atoms with Gasteiger partial charge in [-0.25, -0.2) is 17.7 Å². The number of carbonyl (C=O) groups is 1. The SMILES string of the molecule is COc1ccccc1-c1noc(COC(=O)CCc2nc3cc(S(=O)(=O)N(C)C)ccc3n2C)n1. The van der Waals surface area contributed by atoms with E-state index in [0.29, 0.717) is 34.9 Å². The standard InChI is InChI=1S/C23H25N5O6S/c1-27(2)35(30,31)15-9-10-18-17(13-15)24-20(28(18)3)11-12-22(29)33-14-21-25-23(26-34-21)16-7-5-6-8-19(16)32-4/h5-10,13H,11-12,14H2,1-4H3. The van der Waals surface area contributed by atoms with E-state index in [1.165, 1.54) is 20.2 Å². The molecule has 0 radical (unpaired) electrons. The normalized spacial score (nSPS) is 11.8. The van der Waals surface area contributed by atoms with Gasteiger partial charge in [0.1, 0.15) is 11.6 Å². The van der Waals surface area contributed by atoms with Crippen molar-refractivity contribution >= 4 is 27.0 Å². The molecule has 0 saturated carbocycles. The molecule has 4 rings (SSSR count). The minimum Gasteiger partial charge on any atom is -0.496 e. The fourth-order valence-electron chi connectivity index (χ4n) is 3.50. The highest BCUT2D eigenvalue weighted by molar-refractivity contribution is 7.89. The van der Waals surface area contributed by atoms with Crippen molar-refractivity contribution in [2.75, 3.05) is 21.2 Å². The monoisotopic (exact) mass is 499 g/mol. The van der Waals surface area contributed by atoms with Crippen molar-refractivity contribution < 1.29 is 27.2 Å². The maximum Gasteiger partial charge on any atom is 0.306 e. The van der Waals surface area contributed by atoms with Crippen molar-refractivity contribution in [3.8, 4) is 17.1 Å². The Morgan fingerprint density at radius 3 is 2.66 bits per heavy atom. The molecule has 0 saturated heterocycles. The molecule has 0 spiro atoms. The number of fused-ring (bicyclic) bond motifs is 1. The van der Waals surface area contributed by atoms with Crippen molar-refractivity contribution in [3.05, 3.63) is 54.2 Å². The van der Waals surface area contributed by atoms with Crippen LogP contribution in [-0.2, 0) is 39.6 Å². The van der Waals surface area contributed by atoms with E-state index < -0.39 is 16.0 Å². The number of carbonyl (C=O) groups excluding carboxylic acids is 1. The van der Waals surface area contributed by atoms with Gasteiger partial charge >= 0.3 is 5.97 Å². The number of rotatable bonds is 9. The Morgan fingerprint density at radius 2 is 1.91 bits per heavy atom. The first-order chi connectivity index (χ1) is 16.7. The highest BCUT2D eigenvalue weighted by atomic mass is 32.2. The number of para-hydroxylation sites is 1. The summed E-state index contributed by atoms with van der Waals surface area (Å²) >= 11 is 0. The van der Waals surface area contributed by atoms with Gasteiger partial charge in [-0.15, -0.1) is 0 Å². The Labute approximate surface area is 202 Å². The molecule has 0 aliphatic heterocycles. The zero-order chi connectivity index (χ0) is 25.2. The van der Waals surface area contributed by atoms with Crippen LogP contribution in [0.3, 0.4) is 0 Å². The minimum atomic E-state index is -3.57. The van der Waals surface area contributed by atoms with E-state index >= 15 is 0 Å². The Hall–Kier alpha value is -3.77. The van der Waals surface area contributed by atoms with Gasteiger partial charge in [-0.2, -0.15) is 4.98 Å². The van der Waals surface area contributed by atoms with Crippen molar-refractivity contribution in [3.63, 3.8) is 0 Å². The van der Waals surface area contributed by atoms with Gasteiger partial charge in [-0.1, -0.05) is 17.3 Å². The third-order valence-electron chi connectivity index (χ3n) is 5.45. The topological polar surface area (TPSA) is 130 Å². The number of hydrogen-bond donors (Lipinski definition) is 0. The van der Waals surface area contributed by atoms with Gasteiger partial charge in [0.15, 0.2) is 6.61 Å². The molecule has 0 bridgehead atoms. The molecule has 0 fully saturated rings. The van der Waals surface area contributed by atoms with Gasteiger partial charge in [0.2, 0.25) is 15.8 Å². The number of sulfonamides is 1. The second kappa shape index (κ2) is 9.84. The van der Waals surface area contributed by atoms with Gasteiger partial charge in [-0.3, -0.25) is 4.79 Å². The predicted octanol–water partition coefficient (Wildman–Crippen LogP) is 2.56. The van der Waals surface area contributed by atoms with Gasteiger partial charge in [-0.05, 0) is 30.3 Å². The maximum absolute atomic E-state index is 12.4. The van der Waals surface area contributed by atoms with Crippen LogP contribution in [0, 0.1) is 0 Å². The zero-order valence-corrected chi connectivity index (χ0v) is 20.6. The average Bonchev–Trinajstić information content (AvgIpc) is 3.45. The van der Waals surface area contributed by atoms with Gasteiger partial charge < -0.3 is 18.6 Å². The lowest BCUT2D eigenvalue weighted by molar-refractivity contribution is -0.145. The van der Waals surface area contributed by atoms with Crippen LogP contribution in [0.2, 0.25) is 0 Å². The third-order valence-corrected chi connectivity index (χ3v) is 7.26. The number of ether oxygens (including phenoxy) is 2. The second-order valence-electron chi connectivity index (χ2n) is 7.90. The Kier molecular flexibility index (Phi) is 6.85. The van der Waals surface area contributed by atoms with Crippen LogP contribution in [0.15, 0.2) is 51.9 Å². The maximum atomic E-state index is 12.4. The first-order valence-corrected chi connectivity index (χ1v) is 12.1. The number of aromatic nitrogens is 4. The molecule has 2 heterocycles. The van der Waals surface area contributed by atoms with E-state index in [2.05, 4.69) is 15.1 Å². The van der Waals surface area contributed by atoms with Gasteiger partial charge in [0.25, 0.3) is 5.89 Å². The Balaban J connectivity index is 1.38. The van der Waals surface area contributed by atoms with Gasteiger partial charge in [0.05, 0.1) is 35.0 Å². The van der Waals surface area contributed by atoms with E-state index in [1.54, 1.807) is 31.4 Å². The van der Waals surface area contributed by atoms with Crippen LogP contribution >= 0.6 is 0 Å². The van der Waals surface area contributed by atoms with Crippen molar-refractivity contribution in [2.45, 2.75) is 24.3 Å². The molecule has 0 amide bonds. The molecule has 0 aliphatic carbocycles. The van der Waals surface area contributed by atoms with Crippen LogP contribution < -0.4 is 4.74 Å². The number of methoxy groups -OCH3 is 1. The summed E-state index contributed by atoms with van der Waals surface area (Å²) in [5.74, 6) is 1.28. The molecule has 12 heteroatoms. The highest BCUT2D eigenvalue weighted by Crippen LogP contribution is 2.27. The summed E-state index contributed by atoms with van der Waals surface area (Å²) in [5, 5.41) is 3.92. The summed E-state index contributed by atoms with van der Waals surface area (Å²) in [5.41, 5.74) is 1.97. The first kappa shape index (κ1) is 24.4. The summed E-state index contributed by atoms with van der Waals surface area (Å²) in [4.78, 5) is 21.2. The fourth-order valence-corrected chi connectivity index (χ4v) is 4.43. The summed E-state index contributed by atoms with van der Waals surface area (Å²) in [6.07, 6.45) is 0.392. The molecule has 4 aromatic rings. The molecule has 0 N–H and O–H groups in total. The highest BCUT2D eigenvalue weighted by Gasteiger charge is 2.20. The quantitative estimate of drug-likeness (QED) is 0.319. The summed E-state index contributed by atoms with van der Waals surface area (Å²) in [6.45, 7) is -0.157. The summed E-state index contributed by atoms with van der Waals surface area (Å²) in [7, 11) is 2.75. The predicted molar refractivity (Wildman–Crippen MR) is 126 cm³/mol. The van der Waals surface area contributed by atoms with E-state index in [-0.39, 0.29) is 23.8 Å². The van der Waals surface area contributed by atoms with Crippen LogP contribution in [0.5, 0.6) is 5.75 Å². The van der Waals surface area contributed by atoms with Crippen LogP contribution in [0.1, 0.15) is 18.1 Å².